The number of carbonyl (C=O) groups is 2. The lowest BCUT2D eigenvalue weighted by molar-refractivity contribution is -0.201. The van der Waals surface area contributed by atoms with Gasteiger partial charge < -0.3 is 9.80 Å². The molecular formula is C20H28F6N2O2. The molecule has 0 aromatic carbocycles. The Kier molecular flexibility index (Phi) is 6.91. The average Bonchev–Trinajstić information content (AvgIpc) is 2.68. The Morgan fingerprint density at radius 1 is 0.900 bits per heavy atom. The molecule has 0 aromatic heterocycles. The number of piperazine rings is 1. The molecule has 0 radical (unpaired) electrons. The van der Waals surface area contributed by atoms with Gasteiger partial charge in [0.2, 0.25) is 11.8 Å². The number of hydrogen-bond donors (Lipinski definition) is 0. The van der Waals surface area contributed by atoms with Crippen molar-refractivity contribution in [1.82, 2.24) is 9.80 Å². The van der Waals surface area contributed by atoms with Crippen molar-refractivity contribution in [3.8, 4) is 0 Å². The molecule has 3 rings (SSSR count). The van der Waals surface area contributed by atoms with Crippen molar-refractivity contribution < 1.29 is 35.9 Å². The molecule has 1 heterocycles. The number of hydrogen-bond acceptors (Lipinski definition) is 2. The van der Waals surface area contributed by atoms with Crippen molar-refractivity contribution in [1.29, 1.82) is 0 Å². The fourth-order valence-corrected chi connectivity index (χ4v) is 5.21. The maximum absolute atomic E-state index is 13.3. The molecule has 30 heavy (non-hydrogen) atoms. The van der Waals surface area contributed by atoms with Gasteiger partial charge in [0.15, 0.2) is 0 Å². The van der Waals surface area contributed by atoms with Gasteiger partial charge in [-0.15, -0.1) is 0 Å². The third-order valence-electron chi connectivity index (χ3n) is 6.86. The molecule has 2 amide bonds. The van der Waals surface area contributed by atoms with Crippen LogP contribution in [0.2, 0.25) is 0 Å². The summed E-state index contributed by atoms with van der Waals surface area (Å²) in [7, 11) is 0. The number of nitrogens with zero attached hydrogens (tertiary/aromatic N) is 2. The fraction of sp³-hybridized carbons (Fsp3) is 0.900. The zero-order chi connectivity index (χ0) is 22.1. The lowest BCUT2D eigenvalue weighted by atomic mass is 9.78. The summed E-state index contributed by atoms with van der Waals surface area (Å²) < 4.78 is 78.9. The minimum absolute atomic E-state index is 0.00867. The summed E-state index contributed by atoms with van der Waals surface area (Å²) in [5.74, 6) is -5.44. The van der Waals surface area contributed by atoms with Crippen LogP contribution in [0.5, 0.6) is 0 Å². The highest BCUT2D eigenvalue weighted by Crippen LogP contribution is 2.43. The molecule has 1 saturated heterocycles. The van der Waals surface area contributed by atoms with Gasteiger partial charge in [-0.25, -0.2) is 0 Å². The van der Waals surface area contributed by atoms with Crippen molar-refractivity contribution in [2.45, 2.75) is 63.7 Å². The summed E-state index contributed by atoms with van der Waals surface area (Å²) in [6.07, 6.45) is -6.42. The smallest absolute Gasteiger partial charge is 0.339 e. The van der Waals surface area contributed by atoms with Gasteiger partial charge in [0.25, 0.3) is 0 Å². The van der Waals surface area contributed by atoms with E-state index in [4.69, 9.17) is 0 Å². The van der Waals surface area contributed by atoms with Crippen LogP contribution in [-0.4, -0.2) is 60.1 Å². The third kappa shape index (κ3) is 5.41. The first kappa shape index (κ1) is 23.2. The summed E-state index contributed by atoms with van der Waals surface area (Å²) in [4.78, 5) is 27.9. The number of carbonyl (C=O) groups excluding carboxylic acids is 2. The lowest BCUT2D eigenvalue weighted by Crippen LogP contribution is -2.56. The van der Waals surface area contributed by atoms with Crippen LogP contribution in [0, 0.1) is 23.7 Å². The van der Waals surface area contributed by atoms with E-state index >= 15 is 0 Å². The maximum atomic E-state index is 13.3. The largest absolute Gasteiger partial charge is 0.392 e. The van der Waals surface area contributed by atoms with E-state index in [9.17, 15) is 35.9 Å². The summed E-state index contributed by atoms with van der Waals surface area (Å²) in [5.41, 5.74) is 0. The predicted octanol–water partition coefficient (Wildman–Crippen LogP) is 4.39. The molecule has 172 valence electrons. The summed E-state index contributed by atoms with van der Waals surface area (Å²) in [6, 6.07) is 0. The highest BCUT2D eigenvalue weighted by molar-refractivity contribution is 5.87. The SMILES string of the molecule is O=C1CN(C(=O)C2CCCCC2C(F)(F)F)CCN1CC1CCCC(C(F)(F)F)C1. The van der Waals surface area contributed by atoms with E-state index in [1.807, 2.05) is 0 Å². The molecule has 4 unspecified atom stereocenters. The molecule has 0 aromatic rings. The van der Waals surface area contributed by atoms with Crippen LogP contribution in [0.15, 0.2) is 0 Å². The minimum Gasteiger partial charge on any atom is -0.339 e. The van der Waals surface area contributed by atoms with E-state index in [1.54, 1.807) is 0 Å². The second-order valence-corrected chi connectivity index (χ2v) is 8.91. The van der Waals surface area contributed by atoms with E-state index in [-0.39, 0.29) is 57.8 Å². The van der Waals surface area contributed by atoms with Gasteiger partial charge in [0.1, 0.15) is 0 Å². The van der Waals surface area contributed by atoms with Gasteiger partial charge in [-0.05, 0) is 38.0 Å². The van der Waals surface area contributed by atoms with Crippen LogP contribution < -0.4 is 0 Å². The minimum atomic E-state index is -4.44. The Hall–Kier alpha value is -1.48. The number of halogens is 6. The molecule has 0 N–H and O–H groups in total. The summed E-state index contributed by atoms with van der Waals surface area (Å²) in [6.45, 7) is 0.194. The second kappa shape index (κ2) is 8.94. The van der Waals surface area contributed by atoms with Gasteiger partial charge >= 0.3 is 12.4 Å². The van der Waals surface area contributed by atoms with Gasteiger partial charge in [-0.2, -0.15) is 26.3 Å². The van der Waals surface area contributed by atoms with Crippen molar-refractivity contribution >= 4 is 11.8 Å². The topological polar surface area (TPSA) is 40.6 Å². The van der Waals surface area contributed by atoms with E-state index in [0.29, 0.717) is 25.7 Å². The Morgan fingerprint density at radius 2 is 1.60 bits per heavy atom. The molecule has 0 bridgehead atoms. The standard InChI is InChI=1S/C20H28F6N2O2/c21-19(22,23)14-5-3-4-13(10-14)11-27-8-9-28(12-17(27)29)18(30)15-6-1-2-7-16(15)20(24,25)26/h13-16H,1-12H2. The molecule has 0 spiro atoms. The van der Waals surface area contributed by atoms with Crippen LogP contribution in [-0.2, 0) is 9.59 Å². The highest BCUT2D eigenvalue weighted by Gasteiger charge is 2.49. The lowest BCUT2D eigenvalue weighted by Gasteiger charge is -2.41. The fourth-order valence-electron chi connectivity index (χ4n) is 5.21. The molecule has 3 aliphatic rings. The van der Waals surface area contributed by atoms with Crippen LogP contribution in [0.1, 0.15) is 51.4 Å². The van der Waals surface area contributed by atoms with Gasteiger partial charge in [-0.3, -0.25) is 9.59 Å². The van der Waals surface area contributed by atoms with Gasteiger partial charge in [-0.1, -0.05) is 19.3 Å². The zero-order valence-electron chi connectivity index (χ0n) is 16.8. The van der Waals surface area contributed by atoms with Gasteiger partial charge in [0, 0.05) is 25.6 Å². The van der Waals surface area contributed by atoms with E-state index in [2.05, 4.69) is 0 Å². The van der Waals surface area contributed by atoms with E-state index in [1.165, 1.54) is 9.80 Å². The van der Waals surface area contributed by atoms with Crippen LogP contribution in [0.25, 0.3) is 0 Å². The molecule has 4 atom stereocenters. The van der Waals surface area contributed by atoms with Crippen molar-refractivity contribution in [2.24, 2.45) is 23.7 Å². The molecule has 2 saturated carbocycles. The Morgan fingerprint density at radius 3 is 2.23 bits per heavy atom. The first-order valence-corrected chi connectivity index (χ1v) is 10.7. The Labute approximate surface area is 171 Å². The molecular weight excluding hydrogens is 414 g/mol. The second-order valence-electron chi connectivity index (χ2n) is 8.91. The predicted molar refractivity (Wildman–Crippen MR) is 96.2 cm³/mol. The summed E-state index contributed by atoms with van der Waals surface area (Å²) >= 11 is 0. The third-order valence-corrected chi connectivity index (χ3v) is 6.86. The van der Waals surface area contributed by atoms with Crippen LogP contribution >= 0.6 is 0 Å². The number of alkyl halides is 6. The first-order valence-electron chi connectivity index (χ1n) is 10.7. The quantitative estimate of drug-likeness (QED) is 0.608. The zero-order valence-corrected chi connectivity index (χ0v) is 16.8. The molecule has 4 nitrogen and oxygen atoms in total. The van der Waals surface area contributed by atoms with Crippen molar-refractivity contribution in [3.63, 3.8) is 0 Å². The first-order chi connectivity index (χ1) is 14.0. The Bertz CT molecular complexity index is 636. The van der Waals surface area contributed by atoms with Crippen molar-refractivity contribution in [2.75, 3.05) is 26.2 Å². The normalized spacial score (nSPS) is 31.7. The number of amides is 2. The van der Waals surface area contributed by atoms with E-state index < -0.39 is 41.9 Å². The molecule has 1 aliphatic heterocycles. The van der Waals surface area contributed by atoms with Gasteiger partial charge in [0.05, 0.1) is 18.4 Å². The highest BCUT2D eigenvalue weighted by atomic mass is 19.4. The number of rotatable bonds is 3. The molecule has 3 fully saturated rings. The molecule has 10 heteroatoms. The average molecular weight is 442 g/mol. The monoisotopic (exact) mass is 442 g/mol. The van der Waals surface area contributed by atoms with E-state index in [0.717, 1.165) is 0 Å². The summed E-state index contributed by atoms with van der Waals surface area (Å²) in [5, 5.41) is 0. The van der Waals surface area contributed by atoms with Crippen LogP contribution in [0.4, 0.5) is 26.3 Å². The van der Waals surface area contributed by atoms with Crippen molar-refractivity contribution in [3.05, 3.63) is 0 Å². The maximum Gasteiger partial charge on any atom is 0.392 e. The molecule has 2 aliphatic carbocycles. The Balaban J connectivity index is 1.56. The van der Waals surface area contributed by atoms with Crippen LogP contribution in [0.3, 0.4) is 0 Å².